The topological polar surface area (TPSA) is 29.5 Å². The fourth-order valence-electron chi connectivity index (χ4n) is 0.571. The molecular weight excluding hydrogens is 281 g/mol. The molecule has 0 aliphatic rings. The van der Waals surface area contributed by atoms with Gasteiger partial charge in [0.2, 0.25) is 0 Å². The number of ether oxygens (including phenoxy) is 1. The molecular formula is C9H18INO2. The predicted octanol–water partition coefficient (Wildman–Crippen LogP) is 1.55. The van der Waals surface area contributed by atoms with Crippen LogP contribution in [0.4, 0.5) is 0 Å². The highest BCUT2D eigenvalue weighted by atomic mass is 127. The molecule has 78 valence electrons. The number of rotatable bonds is 5. The lowest BCUT2D eigenvalue weighted by atomic mass is 9.97. The molecule has 0 saturated heterocycles. The molecule has 0 radical (unpaired) electrons. The zero-order valence-corrected chi connectivity index (χ0v) is 10.9. The van der Waals surface area contributed by atoms with Crippen molar-refractivity contribution in [2.24, 2.45) is 5.41 Å². The van der Waals surface area contributed by atoms with Gasteiger partial charge in [-0.3, -0.25) is 4.79 Å². The van der Waals surface area contributed by atoms with E-state index in [1.165, 1.54) is 0 Å². The Kier molecular flexibility index (Phi) is 5.87. The molecule has 0 unspecified atom stereocenters. The fraction of sp³-hybridized carbons (Fsp3) is 0.889. The first-order valence-corrected chi connectivity index (χ1v) is 5.80. The van der Waals surface area contributed by atoms with E-state index >= 15 is 0 Å². The van der Waals surface area contributed by atoms with Crippen molar-refractivity contribution >= 4 is 28.6 Å². The first-order chi connectivity index (χ1) is 5.90. The van der Waals surface area contributed by atoms with Gasteiger partial charge in [-0.2, -0.15) is 0 Å². The van der Waals surface area contributed by atoms with Gasteiger partial charge in [0.25, 0.3) is 0 Å². The molecule has 0 heterocycles. The van der Waals surface area contributed by atoms with Gasteiger partial charge in [0.05, 0.1) is 5.41 Å². The van der Waals surface area contributed by atoms with Crippen molar-refractivity contribution in [1.29, 1.82) is 0 Å². The molecule has 13 heavy (non-hydrogen) atoms. The van der Waals surface area contributed by atoms with Crippen molar-refractivity contribution in [2.75, 3.05) is 31.7 Å². The molecule has 0 spiro atoms. The lowest BCUT2D eigenvalue weighted by Gasteiger charge is -2.20. The molecule has 0 bridgehead atoms. The number of hydrogen-bond donors (Lipinski definition) is 0. The molecule has 0 atom stereocenters. The highest BCUT2D eigenvalue weighted by molar-refractivity contribution is 14.1. The van der Waals surface area contributed by atoms with Gasteiger partial charge >= 0.3 is 5.97 Å². The smallest absolute Gasteiger partial charge is 0.312 e. The van der Waals surface area contributed by atoms with Crippen LogP contribution in [0.1, 0.15) is 13.8 Å². The van der Waals surface area contributed by atoms with Crippen LogP contribution in [0.25, 0.3) is 0 Å². The van der Waals surface area contributed by atoms with Crippen molar-refractivity contribution in [2.45, 2.75) is 13.8 Å². The van der Waals surface area contributed by atoms with E-state index in [0.29, 0.717) is 6.61 Å². The molecule has 0 amide bonds. The van der Waals surface area contributed by atoms with E-state index in [4.69, 9.17) is 4.74 Å². The Morgan fingerprint density at radius 3 is 2.38 bits per heavy atom. The Hall–Kier alpha value is 0.160. The quantitative estimate of drug-likeness (QED) is 0.438. The van der Waals surface area contributed by atoms with Gasteiger partial charge in [-0.05, 0) is 27.9 Å². The van der Waals surface area contributed by atoms with E-state index in [9.17, 15) is 4.79 Å². The Morgan fingerprint density at radius 1 is 1.46 bits per heavy atom. The number of hydrogen-bond acceptors (Lipinski definition) is 3. The number of esters is 1. The summed E-state index contributed by atoms with van der Waals surface area (Å²) in [4.78, 5) is 13.4. The van der Waals surface area contributed by atoms with Crippen LogP contribution in [0.5, 0.6) is 0 Å². The number of carbonyl (C=O) groups excluding carboxylic acids is 1. The van der Waals surface area contributed by atoms with Crippen LogP contribution in [0, 0.1) is 5.41 Å². The third kappa shape index (κ3) is 5.46. The highest BCUT2D eigenvalue weighted by Gasteiger charge is 2.27. The average molecular weight is 299 g/mol. The summed E-state index contributed by atoms with van der Waals surface area (Å²) in [6, 6.07) is 0. The first kappa shape index (κ1) is 13.2. The van der Waals surface area contributed by atoms with Gasteiger partial charge in [0.15, 0.2) is 0 Å². The van der Waals surface area contributed by atoms with Crippen LogP contribution in [-0.4, -0.2) is 42.5 Å². The minimum atomic E-state index is -0.354. The maximum absolute atomic E-state index is 11.4. The molecule has 0 aromatic rings. The number of alkyl halides is 1. The standard InChI is InChI=1S/C9H18INO2/c1-9(2,7-10)8(12)13-6-5-11(3)4/h5-7H2,1-4H3. The number of likely N-dealkylation sites (N-methyl/N-ethyl adjacent to an activating group) is 1. The van der Waals surface area contributed by atoms with Crippen LogP contribution in [-0.2, 0) is 9.53 Å². The van der Waals surface area contributed by atoms with Crippen LogP contribution in [0.3, 0.4) is 0 Å². The number of nitrogens with zero attached hydrogens (tertiary/aromatic N) is 1. The zero-order valence-electron chi connectivity index (χ0n) is 8.76. The summed E-state index contributed by atoms with van der Waals surface area (Å²) >= 11 is 2.20. The number of halogens is 1. The summed E-state index contributed by atoms with van der Waals surface area (Å²) in [6.45, 7) is 5.06. The molecule has 0 N–H and O–H groups in total. The third-order valence-electron chi connectivity index (χ3n) is 1.66. The van der Waals surface area contributed by atoms with E-state index in [1.54, 1.807) is 0 Å². The van der Waals surface area contributed by atoms with Crippen molar-refractivity contribution in [1.82, 2.24) is 4.90 Å². The SMILES string of the molecule is CN(C)CCOC(=O)C(C)(C)CI. The predicted molar refractivity (Wildman–Crippen MR) is 62.2 cm³/mol. The Morgan fingerprint density at radius 2 is 2.00 bits per heavy atom. The fourth-order valence-corrected chi connectivity index (χ4v) is 0.882. The van der Waals surface area contributed by atoms with E-state index in [0.717, 1.165) is 11.0 Å². The molecule has 4 heteroatoms. The van der Waals surface area contributed by atoms with Gasteiger partial charge in [-0.1, -0.05) is 22.6 Å². The maximum atomic E-state index is 11.4. The summed E-state index contributed by atoms with van der Waals surface area (Å²) in [5, 5.41) is 0. The second kappa shape index (κ2) is 5.80. The van der Waals surface area contributed by atoms with Gasteiger partial charge in [0, 0.05) is 11.0 Å². The largest absolute Gasteiger partial charge is 0.464 e. The molecule has 0 aliphatic heterocycles. The van der Waals surface area contributed by atoms with Crippen LogP contribution >= 0.6 is 22.6 Å². The molecule has 0 rings (SSSR count). The van der Waals surface area contributed by atoms with Crippen LogP contribution in [0.15, 0.2) is 0 Å². The minimum Gasteiger partial charge on any atom is -0.464 e. The van der Waals surface area contributed by atoms with Crippen molar-refractivity contribution in [3.8, 4) is 0 Å². The van der Waals surface area contributed by atoms with E-state index in [-0.39, 0.29) is 11.4 Å². The summed E-state index contributed by atoms with van der Waals surface area (Å²) < 4.78 is 5.91. The molecule has 0 aromatic heterocycles. The monoisotopic (exact) mass is 299 g/mol. The van der Waals surface area contributed by atoms with E-state index in [2.05, 4.69) is 22.6 Å². The first-order valence-electron chi connectivity index (χ1n) is 4.28. The van der Waals surface area contributed by atoms with Crippen LogP contribution in [0.2, 0.25) is 0 Å². The second-order valence-electron chi connectivity index (χ2n) is 3.96. The summed E-state index contributed by atoms with van der Waals surface area (Å²) in [5.74, 6) is -0.108. The molecule has 0 fully saturated rings. The lowest BCUT2D eigenvalue weighted by molar-refractivity contribution is -0.152. The Bertz CT molecular complexity index is 169. The van der Waals surface area contributed by atoms with E-state index in [1.807, 2.05) is 32.8 Å². The normalized spacial score (nSPS) is 11.8. The molecule has 3 nitrogen and oxygen atoms in total. The highest BCUT2D eigenvalue weighted by Crippen LogP contribution is 2.20. The van der Waals surface area contributed by atoms with Crippen LogP contribution < -0.4 is 0 Å². The van der Waals surface area contributed by atoms with Crippen molar-refractivity contribution in [3.05, 3.63) is 0 Å². The number of carbonyl (C=O) groups is 1. The Labute approximate surface area is 94.0 Å². The minimum absolute atomic E-state index is 0.108. The maximum Gasteiger partial charge on any atom is 0.312 e. The van der Waals surface area contributed by atoms with Crippen molar-refractivity contribution < 1.29 is 9.53 Å². The van der Waals surface area contributed by atoms with Gasteiger partial charge in [0.1, 0.15) is 6.61 Å². The van der Waals surface area contributed by atoms with Crippen molar-refractivity contribution in [3.63, 3.8) is 0 Å². The van der Waals surface area contributed by atoms with Gasteiger partial charge in [-0.15, -0.1) is 0 Å². The van der Waals surface area contributed by atoms with Gasteiger partial charge < -0.3 is 9.64 Å². The molecule has 0 aromatic carbocycles. The molecule has 0 aliphatic carbocycles. The van der Waals surface area contributed by atoms with Gasteiger partial charge in [-0.25, -0.2) is 0 Å². The zero-order chi connectivity index (χ0) is 10.5. The summed E-state index contributed by atoms with van der Waals surface area (Å²) in [5.41, 5.74) is -0.354. The summed E-state index contributed by atoms with van der Waals surface area (Å²) in [7, 11) is 3.91. The summed E-state index contributed by atoms with van der Waals surface area (Å²) in [6.07, 6.45) is 0. The lowest BCUT2D eigenvalue weighted by Crippen LogP contribution is -2.30. The van der Waals surface area contributed by atoms with E-state index < -0.39 is 0 Å². The molecule has 0 saturated carbocycles. The average Bonchev–Trinajstić information content (AvgIpc) is 2.03. The second-order valence-corrected chi connectivity index (χ2v) is 4.72. The third-order valence-corrected chi connectivity index (χ3v) is 3.57. The Balaban J connectivity index is 3.75.